The first-order valence-electron chi connectivity index (χ1n) is 23.4. The second-order valence-electron chi connectivity index (χ2n) is 16.5. The monoisotopic (exact) mass is 945 g/mol. The van der Waals surface area contributed by atoms with E-state index in [0.717, 1.165) is 62.3 Å². The number of aryl methyl sites for hydroxylation is 1. The van der Waals surface area contributed by atoms with E-state index in [1.165, 1.54) is 9.94 Å². The van der Waals surface area contributed by atoms with Crippen LogP contribution in [0.5, 0.6) is 0 Å². The van der Waals surface area contributed by atoms with Gasteiger partial charge in [0.15, 0.2) is 6.29 Å². The van der Waals surface area contributed by atoms with Crippen molar-refractivity contribution in [1.29, 1.82) is 0 Å². The Balaban J connectivity index is 1.08. The molecule has 1 aromatic rings. The molecule has 19 heteroatoms. The molecule has 1 saturated heterocycles. The number of aliphatic imine (C=N–C) groups is 1. The fraction of sp³-hybridized carbons (Fsp3) is 0.804. The van der Waals surface area contributed by atoms with Gasteiger partial charge >= 0.3 is 5.97 Å². The fourth-order valence-electron chi connectivity index (χ4n) is 6.76. The largest absolute Gasteiger partial charge is 0.460 e. The summed E-state index contributed by atoms with van der Waals surface area (Å²) >= 11 is 1.70. The Hall–Kier alpha value is -2.63. The molecule has 2 aliphatic rings. The van der Waals surface area contributed by atoms with Crippen LogP contribution in [0, 0.1) is 5.92 Å². The number of amidine groups is 1. The summed E-state index contributed by atoms with van der Waals surface area (Å²) in [5.41, 5.74) is 7.21. The van der Waals surface area contributed by atoms with Gasteiger partial charge in [0.25, 0.3) is 5.91 Å². The molecule has 0 bridgehead atoms. The Bertz CT molecular complexity index is 1480. The van der Waals surface area contributed by atoms with Gasteiger partial charge < -0.3 is 63.1 Å². The minimum Gasteiger partial charge on any atom is -0.460 e. The summed E-state index contributed by atoms with van der Waals surface area (Å²) in [4.78, 5) is 39.8. The van der Waals surface area contributed by atoms with Gasteiger partial charge in [0.2, 0.25) is 0 Å². The van der Waals surface area contributed by atoms with Crippen LogP contribution in [0.15, 0.2) is 16.6 Å². The maximum atomic E-state index is 13.2. The summed E-state index contributed by atoms with van der Waals surface area (Å²) in [6.45, 7) is 19.8. The third-order valence-corrected chi connectivity index (χ3v) is 11.1. The van der Waals surface area contributed by atoms with Crippen molar-refractivity contribution in [3.8, 4) is 0 Å². The molecule has 1 amide bonds. The number of fused-ring (bicyclic) bond motifs is 1. The molecule has 0 spiro atoms. The lowest BCUT2D eigenvalue weighted by Gasteiger charge is -2.31. The van der Waals surface area contributed by atoms with Crippen LogP contribution in [-0.2, 0) is 68.2 Å². The minimum absolute atomic E-state index is 0.146. The number of hydrogen-bond acceptors (Lipinski definition) is 18. The summed E-state index contributed by atoms with van der Waals surface area (Å²) in [5, 5.41) is 11.1. The van der Waals surface area contributed by atoms with Crippen LogP contribution in [0.2, 0.25) is 0 Å². The second-order valence-corrected chi connectivity index (χ2v) is 17.7. The van der Waals surface area contributed by atoms with E-state index in [4.69, 9.17) is 57.9 Å². The molecule has 3 rings (SSSR count). The quantitative estimate of drug-likeness (QED) is 0.0404. The average molecular weight is 945 g/mol. The number of nitrogens with two attached hydrogens (primary N) is 1. The standard InChI is InChI=1S/C46H80N4O14S/c1-6-13-50(63-7-2)45(53)38-33-41-40(48-42(47)34-38)35-39(65-41)9-8-37-10-14-49(15-11-37)16-18-55-29-31-61-44(36-51)62-32-30-60-28-27-59-26-25-58-24-23-57-22-21-56-20-19-54-17-12-43(52)64-46(3,4)5/h33,35,37,44,51H,6-32,34,36H2,1-5H3,(H2,47,48). The smallest absolute Gasteiger partial charge is 0.308 e. The zero-order chi connectivity index (χ0) is 47.0. The van der Waals surface area contributed by atoms with Gasteiger partial charge in [0, 0.05) is 30.0 Å². The molecular formula is C46H80N4O14S. The van der Waals surface area contributed by atoms with Crippen LogP contribution >= 0.6 is 11.3 Å². The van der Waals surface area contributed by atoms with Gasteiger partial charge in [0.05, 0.1) is 136 Å². The fourth-order valence-corrected chi connectivity index (χ4v) is 7.84. The van der Waals surface area contributed by atoms with Crippen molar-refractivity contribution >= 4 is 40.8 Å². The zero-order valence-corrected chi connectivity index (χ0v) is 40.7. The summed E-state index contributed by atoms with van der Waals surface area (Å²) in [6.07, 6.45) is 6.96. The molecule has 374 valence electrons. The Morgan fingerprint density at radius 2 is 1.37 bits per heavy atom. The summed E-state index contributed by atoms with van der Waals surface area (Å²) < 4.78 is 55.1. The first kappa shape index (κ1) is 56.7. The number of amides is 1. The van der Waals surface area contributed by atoms with E-state index < -0.39 is 11.9 Å². The predicted octanol–water partition coefficient (Wildman–Crippen LogP) is 4.56. The minimum atomic E-state index is -0.732. The lowest BCUT2D eigenvalue weighted by Crippen LogP contribution is -2.36. The highest BCUT2D eigenvalue weighted by Crippen LogP contribution is 2.36. The van der Waals surface area contributed by atoms with Gasteiger partial charge in [-0.05, 0) is 90.9 Å². The summed E-state index contributed by atoms with van der Waals surface area (Å²) in [5.74, 6) is 0.688. The van der Waals surface area contributed by atoms with E-state index >= 15 is 0 Å². The van der Waals surface area contributed by atoms with E-state index in [0.29, 0.717) is 136 Å². The first-order chi connectivity index (χ1) is 31.5. The first-order valence-corrected chi connectivity index (χ1v) is 24.3. The van der Waals surface area contributed by atoms with Crippen LogP contribution in [0.1, 0.15) is 82.9 Å². The van der Waals surface area contributed by atoms with Crippen molar-refractivity contribution in [1.82, 2.24) is 9.96 Å². The number of rotatable bonds is 38. The Morgan fingerprint density at radius 3 is 1.89 bits per heavy atom. The SMILES string of the molecule is CCCN(OCC)C(=O)C1=Cc2sc(CCC3CCN(CCOCCOC(CO)OCCOCCOCCOCCOCCOCCOCCC(=O)OC(C)(C)C)CC3)cc2N=C(N)C1. The maximum Gasteiger partial charge on any atom is 0.308 e. The molecule has 18 nitrogen and oxygen atoms in total. The van der Waals surface area contributed by atoms with Crippen molar-refractivity contribution < 1.29 is 66.9 Å². The van der Waals surface area contributed by atoms with Gasteiger partial charge in [-0.15, -0.1) is 11.3 Å². The van der Waals surface area contributed by atoms with Crippen LogP contribution in [0.25, 0.3) is 6.08 Å². The summed E-state index contributed by atoms with van der Waals surface area (Å²) in [6, 6.07) is 2.13. The van der Waals surface area contributed by atoms with Crippen LogP contribution in [0.4, 0.5) is 5.69 Å². The molecular weight excluding hydrogens is 865 g/mol. The van der Waals surface area contributed by atoms with Gasteiger partial charge in [-0.25, -0.2) is 10.1 Å². The molecule has 1 atom stereocenters. The Kier molecular flexibility index (Phi) is 30.2. The molecule has 1 aromatic heterocycles. The number of carbonyl (C=O) groups is 2. The van der Waals surface area contributed by atoms with E-state index in [9.17, 15) is 14.7 Å². The van der Waals surface area contributed by atoms with Crippen molar-refractivity contribution in [3.63, 3.8) is 0 Å². The zero-order valence-electron chi connectivity index (χ0n) is 39.9. The third kappa shape index (κ3) is 26.5. The van der Waals surface area contributed by atoms with Crippen molar-refractivity contribution in [2.45, 2.75) is 91.5 Å². The number of aliphatic hydroxyl groups excluding tert-OH is 1. The van der Waals surface area contributed by atoms with Crippen LogP contribution in [0.3, 0.4) is 0 Å². The lowest BCUT2D eigenvalue weighted by molar-refractivity contribution is -0.180. The van der Waals surface area contributed by atoms with E-state index in [-0.39, 0.29) is 31.5 Å². The highest BCUT2D eigenvalue weighted by Gasteiger charge is 2.24. The topological polar surface area (TPSA) is 201 Å². The third-order valence-electron chi connectivity index (χ3n) is 9.95. The highest BCUT2D eigenvalue weighted by molar-refractivity contribution is 7.13. The van der Waals surface area contributed by atoms with Crippen LogP contribution in [-0.4, -0.2) is 190 Å². The van der Waals surface area contributed by atoms with Crippen molar-refractivity contribution in [2.24, 2.45) is 16.6 Å². The molecule has 0 aliphatic carbocycles. The Morgan fingerprint density at radius 1 is 0.831 bits per heavy atom. The van der Waals surface area contributed by atoms with Crippen LogP contribution < -0.4 is 5.73 Å². The lowest BCUT2D eigenvalue weighted by atomic mass is 9.92. The number of hydroxylamine groups is 2. The number of nitrogens with zero attached hydrogens (tertiary/aromatic N) is 3. The molecule has 3 heterocycles. The number of carbonyl (C=O) groups excluding carboxylic acids is 2. The number of thiophene rings is 1. The van der Waals surface area contributed by atoms with Crippen molar-refractivity contribution in [3.05, 3.63) is 21.4 Å². The molecule has 0 radical (unpaired) electrons. The molecule has 0 saturated carbocycles. The van der Waals surface area contributed by atoms with Gasteiger partial charge in [-0.3, -0.25) is 14.4 Å². The number of esters is 1. The van der Waals surface area contributed by atoms with Gasteiger partial charge in [-0.2, -0.15) is 0 Å². The molecule has 65 heavy (non-hydrogen) atoms. The van der Waals surface area contributed by atoms with Gasteiger partial charge in [0.1, 0.15) is 11.4 Å². The maximum absolute atomic E-state index is 13.2. The van der Waals surface area contributed by atoms with E-state index in [2.05, 4.69) is 16.0 Å². The molecule has 0 aromatic carbocycles. The van der Waals surface area contributed by atoms with Gasteiger partial charge in [-0.1, -0.05) is 6.92 Å². The molecule has 1 fully saturated rings. The number of piperidine rings is 1. The molecule has 3 N–H and O–H groups in total. The molecule has 2 aliphatic heterocycles. The molecule has 1 unspecified atom stereocenters. The number of ether oxygens (including phenoxy) is 10. The normalized spacial score (nSPS) is 15.4. The Labute approximate surface area is 391 Å². The number of likely N-dealkylation sites (tertiary alicyclic amines) is 1. The predicted molar refractivity (Wildman–Crippen MR) is 248 cm³/mol. The second kappa shape index (κ2) is 34.6. The average Bonchev–Trinajstić information content (AvgIpc) is 3.57. The number of hydrogen-bond donors (Lipinski definition) is 2. The van der Waals surface area contributed by atoms with Crippen molar-refractivity contribution in [2.75, 3.05) is 145 Å². The summed E-state index contributed by atoms with van der Waals surface area (Å²) in [7, 11) is 0. The highest BCUT2D eigenvalue weighted by atomic mass is 32.1. The van der Waals surface area contributed by atoms with E-state index in [1.54, 1.807) is 11.3 Å². The number of aliphatic hydroxyl groups is 1. The van der Waals surface area contributed by atoms with E-state index in [1.807, 2.05) is 40.7 Å².